The maximum atomic E-state index is 2.78. The molecule has 0 heteroatoms. The van der Waals surface area contributed by atoms with Gasteiger partial charge in [-0.3, -0.25) is 0 Å². The summed E-state index contributed by atoms with van der Waals surface area (Å²) in [7, 11) is 0. The first kappa shape index (κ1) is 33.8. The Morgan fingerprint density at radius 2 is 1.42 bits per heavy atom. The van der Waals surface area contributed by atoms with E-state index >= 15 is 0 Å². The van der Waals surface area contributed by atoms with Crippen molar-refractivity contribution in [2.45, 2.75) is 161 Å². The predicted molar refractivity (Wildman–Crippen MR) is 165 cm³/mol. The first-order chi connectivity index (χ1) is 17.2. The second kappa shape index (κ2) is 15.4. The van der Waals surface area contributed by atoms with Crippen LogP contribution in [0.5, 0.6) is 0 Å². The van der Waals surface area contributed by atoms with Gasteiger partial charge in [0.2, 0.25) is 0 Å². The van der Waals surface area contributed by atoms with Crippen molar-refractivity contribution in [1.82, 2.24) is 0 Å². The van der Waals surface area contributed by atoms with Crippen LogP contribution in [-0.2, 0) is 0 Å². The van der Waals surface area contributed by atoms with E-state index in [0.717, 1.165) is 47.3 Å². The average molecular weight is 503 g/mol. The lowest BCUT2D eigenvalue weighted by Crippen LogP contribution is -2.50. The molecule has 0 saturated heterocycles. The SMILES string of the molecule is CC.CC.CC.CC(C)CCC[C@@H](C)[C@H]1CC[C@H]2C3CC=C4C[C@@H](C(C)C)CC[C@]4(C)[C@H]3CC[C@]12C. The summed E-state index contributed by atoms with van der Waals surface area (Å²) in [5.41, 5.74) is 3.06. The highest BCUT2D eigenvalue weighted by Crippen LogP contribution is 2.67. The van der Waals surface area contributed by atoms with Gasteiger partial charge in [0, 0.05) is 0 Å². The van der Waals surface area contributed by atoms with E-state index in [9.17, 15) is 0 Å². The molecule has 1 unspecified atom stereocenters. The monoisotopic (exact) mass is 503 g/mol. The molecule has 0 radical (unpaired) electrons. The van der Waals surface area contributed by atoms with E-state index in [1.165, 1.54) is 70.6 Å². The minimum absolute atomic E-state index is 0.538. The smallest absolute Gasteiger partial charge is 0.00851 e. The summed E-state index contributed by atoms with van der Waals surface area (Å²) in [4.78, 5) is 0. The third kappa shape index (κ3) is 7.03. The number of hydrogen-bond acceptors (Lipinski definition) is 0. The normalized spacial score (nSPS) is 37.5. The molecule has 0 N–H and O–H groups in total. The third-order valence-electron chi connectivity index (χ3n) is 11.3. The van der Waals surface area contributed by atoms with E-state index in [1.54, 1.807) is 0 Å². The molecule has 3 saturated carbocycles. The highest BCUT2D eigenvalue weighted by Gasteiger charge is 2.59. The molecule has 0 aromatic heterocycles. The Kier molecular flexibility index (Phi) is 14.4. The summed E-state index contributed by atoms with van der Waals surface area (Å²) in [5.74, 6) is 7.57. The van der Waals surface area contributed by atoms with E-state index < -0.39 is 0 Å². The minimum atomic E-state index is 0.538. The fourth-order valence-corrected chi connectivity index (χ4v) is 9.28. The molecule has 0 aliphatic heterocycles. The fourth-order valence-electron chi connectivity index (χ4n) is 9.28. The molecule has 0 spiro atoms. The maximum Gasteiger partial charge on any atom is -0.00851 e. The molecule has 214 valence electrons. The minimum Gasteiger partial charge on any atom is -0.0845 e. The molecule has 0 amide bonds. The van der Waals surface area contributed by atoms with Crippen LogP contribution in [0.3, 0.4) is 0 Å². The summed E-state index contributed by atoms with van der Waals surface area (Å²) in [5, 5.41) is 0. The zero-order valence-corrected chi connectivity index (χ0v) is 27.5. The third-order valence-corrected chi connectivity index (χ3v) is 11.3. The summed E-state index contributed by atoms with van der Waals surface area (Å²) < 4.78 is 0. The van der Waals surface area contributed by atoms with Crippen molar-refractivity contribution in [3.63, 3.8) is 0 Å². The molecule has 4 rings (SSSR count). The molecule has 0 aromatic carbocycles. The molecule has 0 bridgehead atoms. The van der Waals surface area contributed by atoms with Gasteiger partial charge in [-0.2, -0.15) is 0 Å². The van der Waals surface area contributed by atoms with Crippen LogP contribution >= 0.6 is 0 Å². The highest BCUT2D eigenvalue weighted by atomic mass is 14.6. The molecule has 0 heterocycles. The van der Waals surface area contributed by atoms with Crippen LogP contribution < -0.4 is 0 Å². The lowest BCUT2D eigenvalue weighted by Gasteiger charge is -2.59. The lowest BCUT2D eigenvalue weighted by atomic mass is 9.46. The molecular weight excluding hydrogens is 432 g/mol. The van der Waals surface area contributed by atoms with Crippen molar-refractivity contribution < 1.29 is 0 Å². The number of allylic oxidation sites excluding steroid dienone is 2. The van der Waals surface area contributed by atoms with Crippen LogP contribution in [0.25, 0.3) is 0 Å². The molecule has 0 aromatic rings. The van der Waals surface area contributed by atoms with Gasteiger partial charge in [0.05, 0.1) is 0 Å². The Hall–Kier alpha value is -0.260. The lowest BCUT2D eigenvalue weighted by molar-refractivity contribution is -0.0538. The molecule has 0 nitrogen and oxygen atoms in total. The quantitative estimate of drug-likeness (QED) is 0.317. The first-order valence-electron chi connectivity index (χ1n) is 16.9. The second-order valence-corrected chi connectivity index (χ2v) is 13.5. The standard InChI is InChI=1S/C30H52.3C2H6/c1-20(2)9-8-10-22(5)26-13-14-27-25-12-11-24-19-23(21(3)4)15-17-29(24,6)28(25)16-18-30(26,27)7;3*1-2/h11,20-23,25-28H,8-10,12-19H2,1-7H3;3*1-2H3/t22-,23+,25?,26-,27+,28+,29+,30-;;;/m1.../s1. The van der Waals surface area contributed by atoms with Gasteiger partial charge in [-0.1, -0.05) is 121 Å². The summed E-state index contributed by atoms with van der Waals surface area (Å²) >= 11 is 0. The van der Waals surface area contributed by atoms with Gasteiger partial charge in [0.25, 0.3) is 0 Å². The van der Waals surface area contributed by atoms with E-state index in [2.05, 4.69) is 54.5 Å². The average Bonchev–Trinajstić information content (AvgIpc) is 3.24. The van der Waals surface area contributed by atoms with Crippen molar-refractivity contribution in [3.05, 3.63) is 11.6 Å². The van der Waals surface area contributed by atoms with E-state index in [1.807, 2.05) is 47.1 Å². The molecule has 4 aliphatic carbocycles. The first-order valence-corrected chi connectivity index (χ1v) is 16.9. The van der Waals surface area contributed by atoms with Gasteiger partial charge in [-0.15, -0.1) is 0 Å². The van der Waals surface area contributed by atoms with Crippen molar-refractivity contribution in [3.8, 4) is 0 Å². The Balaban J connectivity index is 0.00000101. The Morgan fingerprint density at radius 1 is 0.778 bits per heavy atom. The van der Waals surface area contributed by atoms with Crippen LogP contribution in [-0.4, -0.2) is 0 Å². The van der Waals surface area contributed by atoms with Gasteiger partial charge in [0.15, 0.2) is 0 Å². The number of hydrogen-bond donors (Lipinski definition) is 0. The molecular formula is C36H70. The van der Waals surface area contributed by atoms with Crippen LogP contribution in [0.2, 0.25) is 0 Å². The Bertz CT molecular complexity index is 626. The summed E-state index contributed by atoms with van der Waals surface area (Å²) in [6, 6.07) is 0. The molecule has 36 heavy (non-hydrogen) atoms. The van der Waals surface area contributed by atoms with Crippen LogP contribution in [0.1, 0.15) is 161 Å². The van der Waals surface area contributed by atoms with E-state index in [4.69, 9.17) is 0 Å². The molecule has 3 fully saturated rings. The molecule has 8 atom stereocenters. The number of rotatable bonds is 6. The van der Waals surface area contributed by atoms with Gasteiger partial charge in [-0.05, 0) is 110 Å². The fraction of sp³-hybridized carbons (Fsp3) is 0.944. The second-order valence-electron chi connectivity index (χ2n) is 13.5. The van der Waals surface area contributed by atoms with Crippen molar-refractivity contribution in [1.29, 1.82) is 0 Å². The van der Waals surface area contributed by atoms with Crippen LogP contribution in [0.4, 0.5) is 0 Å². The maximum absolute atomic E-state index is 2.78. The van der Waals surface area contributed by atoms with Crippen molar-refractivity contribution in [2.24, 2.45) is 58.2 Å². The largest absolute Gasteiger partial charge is 0.0845 e. The van der Waals surface area contributed by atoms with E-state index in [-0.39, 0.29) is 0 Å². The summed E-state index contributed by atoms with van der Waals surface area (Å²) in [6.45, 7) is 29.7. The Morgan fingerprint density at radius 3 is 2.00 bits per heavy atom. The summed E-state index contributed by atoms with van der Waals surface area (Å²) in [6.07, 6.45) is 19.0. The van der Waals surface area contributed by atoms with E-state index in [0.29, 0.717) is 10.8 Å². The van der Waals surface area contributed by atoms with Crippen molar-refractivity contribution >= 4 is 0 Å². The van der Waals surface area contributed by atoms with Crippen LogP contribution in [0.15, 0.2) is 11.6 Å². The Labute approximate surface area is 230 Å². The van der Waals surface area contributed by atoms with Crippen LogP contribution in [0, 0.1) is 58.2 Å². The highest BCUT2D eigenvalue weighted by molar-refractivity contribution is 5.25. The van der Waals surface area contributed by atoms with Gasteiger partial charge >= 0.3 is 0 Å². The molecule has 4 aliphatic rings. The topological polar surface area (TPSA) is 0 Å². The van der Waals surface area contributed by atoms with Crippen molar-refractivity contribution in [2.75, 3.05) is 0 Å². The predicted octanol–water partition coefficient (Wildman–Crippen LogP) is 12.4. The van der Waals surface area contributed by atoms with Gasteiger partial charge in [-0.25, -0.2) is 0 Å². The van der Waals surface area contributed by atoms with Gasteiger partial charge in [0.1, 0.15) is 0 Å². The number of fused-ring (bicyclic) bond motifs is 5. The zero-order chi connectivity index (χ0) is 27.7. The van der Waals surface area contributed by atoms with Gasteiger partial charge < -0.3 is 0 Å². The zero-order valence-electron chi connectivity index (χ0n) is 27.5.